The Morgan fingerprint density at radius 3 is 2.64 bits per heavy atom. The van der Waals surface area contributed by atoms with E-state index in [1.165, 1.54) is 14.9 Å². The third-order valence-corrected chi connectivity index (χ3v) is 5.94. The first-order chi connectivity index (χ1) is 6.61. The van der Waals surface area contributed by atoms with E-state index in [1.54, 1.807) is 0 Å². The van der Waals surface area contributed by atoms with Gasteiger partial charge in [0.25, 0.3) is 0 Å². The molecule has 2 nitrogen and oxygen atoms in total. The third kappa shape index (κ3) is 1.82. The van der Waals surface area contributed by atoms with Crippen LogP contribution in [0, 0.1) is 7.14 Å². The van der Waals surface area contributed by atoms with Crippen molar-refractivity contribution < 1.29 is 10.0 Å². The molecule has 6 heteroatoms. The first-order valence-corrected chi connectivity index (χ1v) is 6.86. The van der Waals surface area contributed by atoms with Gasteiger partial charge in [-0.3, -0.25) is 0 Å². The number of hydrogen-bond acceptors (Lipinski definition) is 3. The zero-order chi connectivity index (χ0) is 10.3. The Kier molecular flexibility index (Phi) is 3.37. The van der Waals surface area contributed by atoms with E-state index >= 15 is 0 Å². The van der Waals surface area contributed by atoms with Gasteiger partial charge < -0.3 is 10.0 Å². The Bertz CT molecular complexity index is 483. The molecule has 0 amide bonds. The Labute approximate surface area is 113 Å². The molecule has 2 rings (SSSR count). The van der Waals surface area contributed by atoms with Crippen LogP contribution in [0.4, 0.5) is 0 Å². The molecule has 1 aromatic heterocycles. The SMILES string of the molecule is OB(O)c1cc(I)c(I)c2ccsc12. The minimum Gasteiger partial charge on any atom is -0.423 e. The van der Waals surface area contributed by atoms with E-state index in [0.29, 0.717) is 5.46 Å². The van der Waals surface area contributed by atoms with Crippen molar-refractivity contribution in [2.75, 3.05) is 0 Å². The van der Waals surface area contributed by atoms with Crippen LogP contribution in [-0.4, -0.2) is 17.2 Å². The Hall–Kier alpha value is 0.625. The van der Waals surface area contributed by atoms with Gasteiger partial charge in [-0.25, -0.2) is 0 Å². The third-order valence-electron chi connectivity index (χ3n) is 1.93. The van der Waals surface area contributed by atoms with E-state index < -0.39 is 7.12 Å². The molecule has 14 heavy (non-hydrogen) atoms. The molecule has 0 fully saturated rings. The fraction of sp³-hybridized carbons (Fsp3) is 0. The molecule has 0 saturated heterocycles. The largest absolute Gasteiger partial charge is 0.489 e. The molecule has 0 aliphatic rings. The fourth-order valence-electron chi connectivity index (χ4n) is 1.29. The topological polar surface area (TPSA) is 40.5 Å². The minimum absolute atomic E-state index is 0.597. The van der Waals surface area contributed by atoms with Crippen LogP contribution >= 0.6 is 56.5 Å². The first-order valence-electron chi connectivity index (χ1n) is 3.82. The lowest BCUT2D eigenvalue weighted by Crippen LogP contribution is -2.30. The van der Waals surface area contributed by atoms with E-state index in [2.05, 4.69) is 45.2 Å². The fourth-order valence-corrected chi connectivity index (χ4v) is 3.64. The summed E-state index contributed by atoms with van der Waals surface area (Å²) in [5, 5.41) is 21.5. The monoisotopic (exact) mass is 430 g/mol. The molecule has 0 atom stereocenters. The predicted octanol–water partition coefficient (Wildman–Crippen LogP) is 1.79. The van der Waals surface area contributed by atoms with Gasteiger partial charge in [-0.05, 0) is 62.7 Å². The van der Waals surface area contributed by atoms with Gasteiger partial charge in [-0.2, -0.15) is 0 Å². The molecule has 2 aromatic rings. The minimum atomic E-state index is -1.39. The zero-order valence-corrected chi connectivity index (χ0v) is 12.0. The second-order valence-corrected chi connectivity index (χ2v) is 5.96. The summed E-state index contributed by atoms with van der Waals surface area (Å²) in [5.74, 6) is 0. The Morgan fingerprint density at radius 1 is 1.29 bits per heavy atom. The number of rotatable bonds is 1. The molecule has 2 N–H and O–H groups in total. The average molecular weight is 430 g/mol. The summed E-state index contributed by atoms with van der Waals surface area (Å²) >= 11 is 6.02. The molecule has 0 unspecified atom stereocenters. The maximum atomic E-state index is 9.21. The van der Waals surface area contributed by atoms with Crippen LogP contribution in [-0.2, 0) is 0 Å². The average Bonchev–Trinajstić information content (AvgIpc) is 2.59. The number of benzene rings is 1. The van der Waals surface area contributed by atoms with Gasteiger partial charge in [-0.1, -0.05) is 0 Å². The molecular weight excluding hydrogens is 425 g/mol. The van der Waals surface area contributed by atoms with E-state index in [9.17, 15) is 10.0 Å². The summed E-state index contributed by atoms with van der Waals surface area (Å²) in [4.78, 5) is 0. The highest BCUT2D eigenvalue weighted by Gasteiger charge is 2.18. The molecule has 72 valence electrons. The van der Waals surface area contributed by atoms with E-state index in [1.807, 2.05) is 17.5 Å². The summed E-state index contributed by atoms with van der Waals surface area (Å²) in [5.41, 5.74) is 0.597. The van der Waals surface area contributed by atoms with Gasteiger partial charge >= 0.3 is 7.12 Å². The number of thiophene rings is 1. The highest BCUT2D eigenvalue weighted by atomic mass is 127. The summed E-state index contributed by atoms with van der Waals surface area (Å²) in [7, 11) is -1.39. The summed E-state index contributed by atoms with van der Waals surface area (Å²) in [6.07, 6.45) is 0. The molecule has 1 heterocycles. The lowest BCUT2D eigenvalue weighted by atomic mass is 9.80. The van der Waals surface area contributed by atoms with E-state index in [-0.39, 0.29) is 0 Å². The smallest absolute Gasteiger partial charge is 0.423 e. The number of hydrogen-bond donors (Lipinski definition) is 2. The maximum Gasteiger partial charge on any atom is 0.489 e. The van der Waals surface area contributed by atoms with Crippen molar-refractivity contribution in [1.29, 1.82) is 0 Å². The standard InChI is InChI=1S/C8H5BI2O2S/c10-6-3-5(9(12)13)8-4(7(6)11)1-2-14-8/h1-3,12-13H. The highest BCUT2D eigenvalue weighted by Crippen LogP contribution is 2.27. The van der Waals surface area contributed by atoms with Gasteiger partial charge in [0, 0.05) is 22.7 Å². The van der Waals surface area contributed by atoms with Crippen LogP contribution in [0.1, 0.15) is 0 Å². The van der Waals surface area contributed by atoms with Crippen LogP contribution < -0.4 is 5.46 Å². The lowest BCUT2D eigenvalue weighted by Gasteiger charge is -2.05. The molecule has 0 saturated carbocycles. The summed E-state index contributed by atoms with van der Waals surface area (Å²) in [6, 6.07) is 3.83. The van der Waals surface area contributed by atoms with Gasteiger partial charge in [0.05, 0.1) is 0 Å². The summed E-state index contributed by atoms with van der Waals surface area (Å²) < 4.78 is 3.19. The van der Waals surface area contributed by atoms with Gasteiger partial charge in [-0.15, -0.1) is 11.3 Å². The van der Waals surface area contributed by atoms with E-state index in [4.69, 9.17) is 0 Å². The van der Waals surface area contributed by atoms with Crippen LogP contribution in [0.25, 0.3) is 10.1 Å². The van der Waals surface area contributed by atoms with Crippen molar-refractivity contribution >= 4 is 79.2 Å². The quantitative estimate of drug-likeness (QED) is 0.536. The maximum absolute atomic E-state index is 9.21. The molecule has 0 bridgehead atoms. The second kappa shape index (κ2) is 4.24. The van der Waals surface area contributed by atoms with Gasteiger partial charge in [0.2, 0.25) is 0 Å². The predicted molar refractivity (Wildman–Crippen MR) is 77.1 cm³/mol. The highest BCUT2D eigenvalue weighted by molar-refractivity contribution is 14.1. The molecule has 0 radical (unpaired) electrons. The van der Waals surface area contributed by atoms with Crippen molar-refractivity contribution in [1.82, 2.24) is 0 Å². The van der Waals surface area contributed by atoms with Crippen molar-refractivity contribution in [3.05, 3.63) is 24.7 Å². The molecular formula is C8H5BI2O2S. The van der Waals surface area contributed by atoms with Crippen LogP contribution in [0.2, 0.25) is 0 Å². The van der Waals surface area contributed by atoms with Gasteiger partial charge in [0.15, 0.2) is 0 Å². The van der Waals surface area contributed by atoms with Crippen molar-refractivity contribution in [2.24, 2.45) is 0 Å². The van der Waals surface area contributed by atoms with Crippen LogP contribution in [0.5, 0.6) is 0 Å². The second-order valence-electron chi connectivity index (χ2n) is 2.80. The van der Waals surface area contributed by atoms with Gasteiger partial charge in [0.1, 0.15) is 0 Å². The van der Waals surface area contributed by atoms with E-state index in [0.717, 1.165) is 13.7 Å². The Balaban J connectivity index is 2.84. The normalized spacial score (nSPS) is 10.9. The Morgan fingerprint density at radius 2 is 2.00 bits per heavy atom. The lowest BCUT2D eigenvalue weighted by molar-refractivity contribution is 0.426. The molecule has 0 aliphatic heterocycles. The van der Waals surface area contributed by atoms with Crippen molar-refractivity contribution in [3.8, 4) is 0 Å². The molecule has 0 spiro atoms. The summed E-state index contributed by atoms with van der Waals surface area (Å²) in [6.45, 7) is 0. The number of halogens is 2. The molecule has 1 aromatic carbocycles. The van der Waals surface area contributed by atoms with Crippen LogP contribution in [0.15, 0.2) is 17.5 Å². The number of fused-ring (bicyclic) bond motifs is 1. The first kappa shape index (κ1) is 11.1. The zero-order valence-electron chi connectivity index (χ0n) is 6.87. The van der Waals surface area contributed by atoms with Crippen molar-refractivity contribution in [3.63, 3.8) is 0 Å². The van der Waals surface area contributed by atoms with Crippen molar-refractivity contribution in [2.45, 2.75) is 0 Å². The van der Waals surface area contributed by atoms with Crippen LogP contribution in [0.3, 0.4) is 0 Å². The molecule has 0 aliphatic carbocycles.